The second kappa shape index (κ2) is 11.0. The van der Waals surface area contributed by atoms with Crippen LogP contribution in [-0.4, -0.2) is 32.8 Å². The van der Waals surface area contributed by atoms with Crippen LogP contribution < -0.4 is 15.4 Å². The maximum atomic E-state index is 14.0. The number of sulfonamides is 1. The number of nitrogens with one attached hydrogen (secondary N) is 3. The Morgan fingerprint density at radius 3 is 2.33 bits per heavy atom. The summed E-state index contributed by atoms with van der Waals surface area (Å²) < 4.78 is 41.5. The van der Waals surface area contributed by atoms with Gasteiger partial charge in [-0.1, -0.05) is 19.9 Å². The molecule has 0 aliphatic heterocycles. The summed E-state index contributed by atoms with van der Waals surface area (Å²) >= 11 is 0. The normalized spacial score (nSPS) is 14.2. The van der Waals surface area contributed by atoms with Crippen molar-refractivity contribution in [2.24, 2.45) is 5.92 Å². The van der Waals surface area contributed by atoms with Crippen LogP contribution in [0.2, 0.25) is 0 Å². The van der Waals surface area contributed by atoms with Gasteiger partial charge in [-0.2, -0.15) is 0 Å². The summed E-state index contributed by atoms with van der Waals surface area (Å²) in [5.41, 5.74) is 0.992. The highest BCUT2D eigenvalue weighted by Crippen LogP contribution is 2.18. The molecular weight excluding hydrogens is 409 g/mol. The Morgan fingerprint density at radius 2 is 1.77 bits per heavy atom. The first kappa shape index (κ1) is 25.5. The zero-order valence-corrected chi connectivity index (χ0v) is 19.0. The number of amides is 2. The zero-order chi connectivity index (χ0) is 23.1. The minimum atomic E-state index is -3.88. The van der Waals surface area contributed by atoms with E-state index in [2.05, 4.69) is 15.4 Å². The van der Waals surface area contributed by atoms with Crippen LogP contribution in [0.25, 0.3) is 0 Å². The van der Waals surface area contributed by atoms with Gasteiger partial charge in [-0.3, -0.25) is 9.59 Å². The van der Waals surface area contributed by atoms with E-state index in [1.165, 1.54) is 37.3 Å². The van der Waals surface area contributed by atoms with Gasteiger partial charge in [0.05, 0.1) is 4.90 Å². The summed E-state index contributed by atoms with van der Waals surface area (Å²) in [7, 11) is -3.88. The van der Waals surface area contributed by atoms with Crippen LogP contribution in [0.3, 0.4) is 0 Å². The van der Waals surface area contributed by atoms with Crippen molar-refractivity contribution in [3.05, 3.63) is 53.0 Å². The van der Waals surface area contributed by atoms with Crippen molar-refractivity contribution in [2.45, 2.75) is 52.5 Å². The number of allylic oxidation sites excluding steroid dienone is 4. The Hall–Kier alpha value is -2.52. The summed E-state index contributed by atoms with van der Waals surface area (Å²) in [5.74, 6) is -1.30. The molecule has 0 aliphatic carbocycles. The first-order valence-corrected chi connectivity index (χ1v) is 11.0. The van der Waals surface area contributed by atoms with E-state index in [0.29, 0.717) is 11.3 Å². The van der Waals surface area contributed by atoms with E-state index in [9.17, 15) is 22.4 Å². The molecule has 166 valence electrons. The van der Waals surface area contributed by atoms with Crippen LogP contribution in [0, 0.1) is 5.92 Å². The predicted octanol–water partition coefficient (Wildman–Crippen LogP) is 3.02. The molecule has 0 radical (unpaired) electrons. The molecule has 0 fully saturated rings. The lowest BCUT2D eigenvalue weighted by Gasteiger charge is -2.15. The number of hydrogen-bond donors (Lipinski definition) is 3. The van der Waals surface area contributed by atoms with Crippen LogP contribution >= 0.6 is 0 Å². The molecule has 0 spiro atoms. The van der Waals surface area contributed by atoms with Crippen LogP contribution in [-0.2, 0) is 14.8 Å². The summed E-state index contributed by atoms with van der Waals surface area (Å²) in [5, 5.41) is 5.17. The second-order valence-corrected chi connectivity index (χ2v) is 9.17. The van der Waals surface area contributed by atoms with Gasteiger partial charge in [-0.05, 0) is 50.6 Å². The van der Waals surface area contributed by atoms with E-state index in [1.54, 1.807) is 34.6 Å². The third-order valence-corrected chi connectivity index (χ3v) is 5.63. The zero-order valence-electron chi connectivity index (χ0n) is 18.2. The van der Waals surface area contributed by atoms with Crippen molar-refractivity contribution in [2.75, 3.05) is 6.54 Å². The molecule has 30 heavy (non-hydrogen) atoms. The minimum absolute atomic E-state index is 0.0756. The lowest BCUT2D eigenvalue weighted by molar-refractivity contribution is -0.119. The van der Waals surface area contributed by atoms with Crippen LogP contribution in [0.4, 0.5) is 4.39 Å². The molecule has 1 atom stereocenters. The highest BCUT2D eigenvalue weighted by atomic mass is 32.2. The standard InChI is InChI=1S/C21H30FN3O4S/c1-13(2)20(22)14(3)10-15(4)24-21(27)18-8-7-9-19(11-18)30(28,29)25-16(5)12-23-17(6)26/h7-11,13,16,25H,12H2,1-6H3,(H,23,26)(H,24,27)/b15-10+,20-14+. The molecule has 1 rings (SSSR count). The second-order valence-electron chi connectivity index (χ2n) is 7.45. The number of hydrogen-bond acceptors (Lipinski definition) is 4. The summed E-state index contributed by atoms with van der Waals surface area (Å²) in [6, 6.07) is 5.04. The lowest BCUT2D eigenvalue weighted by Crippen LogP contribution is -2.41. The highest BCUT2D eigenvalue weighted by Gasteiger charge is 2.19. The van der Waals surface area contributed by atoms with Crippen LogP contribution in [0.5, 0.6) is 0 Å². The number of rotatable bonds is 9. The number of halogens is 1. The van der Waals surface area contributed by atoms with Gasteiger partial charge in [0.25, 0.3) is 5.91 Å². The summed E-state index contributed by atoms with van der Waals surface area (Å²) in [6.45, 7) is 9.80. The Morgan fingerprint density at radius 1 is 1.13 bits per heavy atom. The van der Waals surface area contributed by atoms with Crippen molar-refractivity contribution in [1.82, 2.24) is 15.4 Å². The van der Waals surface area contributed by atoms with Gasteiger partial charge in [0.15, 0.2) is 0 Å². The molecule has 0 heterocycles. The Bertz CT molecular complexity index is 953. The topological polar surface area (TPSA) is 104 Å². The van der Waals surface area contributed by atoms with Gasteiger partial charge in [-0.25, -0.2) is 17.5 Å². The molecule has 1 aromatic carbocycles. The SMILES string of the molecule is CC(=O)NCC(C)NS(=O)(=O)c1cccc(C(=O)N/C(C)=C/C(C)=C(/F)C(C)C)c1. The molecule has 2 amide bonds. The van der Waals surface area contributed by atoms with Gasteiger partial charge in [-0.15, -0.1) is 0 Å². The molecular formula is C21H30FN3O4S. The van der Waals surface area contributed by atoms with E-state index >= 15 is 0 Å². The maximum Gasteiger partial charge on any atom is 0.255 e. The van der Waals surface area contributed by atoms with Crippen LogP contribution in [0.15, 0.2) is 52.3 Å². The van der Waals surface area contributed by atoms with Crippen molar-refractivity contribution in [3.63, 3.8) is 0 Å². The van der Waals surface area contributed by atoms with E-state index in [4.69, 9.17) is 0 Å². The highest BCUT2D eigenvalue weighted by molar-refractivity contribution is 7.89. The average Bonchev–Trinajstić information content (AvgIpc) is 2.65. The van der Waals surface area contributed by atoms with Gasteiger partial charge in [0.1, 0.15) is 5.83 Å². The monoisotopic (exact) mass is 439 g/mol. The Kier molecular flexibility index (Phi) is 9.38. The third-order valence-electron chi connectivity index (χ3n) is 4.05. The van der Waals surface area contributed by atoms with E-state index in [1.807, 2.05) is 0 Å². The fourth-order valence-electron chi connectivity index (χ4n) is 2.61. The number of benzene rings is 1. The summed E-state index contributed by atoms with van der Waals surface area (Å²) in [6.07, 6.45) is 1.53. The Labute approximate surface area is 177 Å². The lowest BCUT2D eigenvalue weighted by atomic mass is 10.1. The van der Waals surface area contributed by atoms with E-state index < -0.39 is 22.0 Å². The summed E-state index contributed by atoms with van der Waals surface area (Å²) in [4.78, 5) is 23.4. The molecule has 0 aliphatic rings. The molecule has 0 saturated carbocycles. The molecule has 1 unspecified atom stereocenters. The molecule has 0 aromatic heterocycles. The molecule has 0 bridgehead atoms. The largest absolute Gasteiger partial charge is 0.355 e. The first-order chi connectivity index (χ1) is 13.8. The quantitative estimate of drug-likeness (QED) is 0.515. The van der Waals surface area contributed by atoms with E-state index in [-0.39, 0.29) is 34.7 Å². The van der Waals surface area contributed by atoms with E-state index in [0.717, 1.165) is 0 Å². The third kappa shape index (κ3) is 8.08. The number of carbonyl (C=O) groups is 2. The molecule has 9 heteroatoms. The first-order valence-electron chi connectivity index (χ1n) is 9.56. The van der Waals surface area contributed by atoms with Gasteiger partial charge in [0, 0.05) is 36.7 Å². The maximum absolute atomic E-state index is 14.0. The van der Waals surface area contributed by atoms with Gasteiger partial charge >= 0.3 is 0 Å². The number of carbonyl (C=O) groups excluding carboxylic acids is 2. The molecule has 3 N–H and O–H groups in total. The molecule has 0 saturated heterocycles. The van der Waals surface area contributed by atoms with Crippen molar-refractivity contribution in [1.29, 1.82) is 0 Å². The molecule has 7 nitrogen and oxygen atoms in total. The predicted molar refractivity (Wildman–Crippen MR) is 115 cm³/mol. The average molecular weight is 440 g/mol. The van der Waals surface area contributed by atoms with Gasteiger partial charge < -0.3 is 10.6 Å². The fourth-order valence-corrected chi connectivity index (χ4v) is 3.90. The van der Waals surface area contributed by atoms with Crippen molar-refractivity contribution < 1.29 is 22.4 Å². The fraction of sp³-hybridized carbons (Fsp3) is 0.429. The molecule has 1 aromatic rings. The van der Waals surface area contributed by atoms with Crippen LogP contribution in [0.1, 0.15) is 51.9 Å². The Balaban J connectivity index is 2.96. The minimum Gasteiger partial charge on any atom is -0.355 e. The smallest absolute Gasteiger partial charge is 0.255 e. The van der Waals surface area contributed by atoms with Crippen molar-refractivity contribution >= 4 is 21.8 Å². The van der Waals surface area contributed by atoms with Gasteiger partial charge in [0.2, 0.25) is 15.9 Å². The van der Waals surface area contributed by atoms with Crippen molar-refractivity contribution in [3.8, 4) is 0 Å².